The van der Waals surface area contributed by atoms with E-state index in [4.69, 9.17) is 18.9 Å². The van der Waals surface area contributed by atoms with Crippen molar-refractivity contribution in [3.05, 3.63) is 83.9 Å². The van der Waals surface area contributed by atoms with E-state index in [9.17, 15) is 89.0 Å². The van der Waals surface area contributed by atoms with Crippen molar-refractivity contribution < 1.29 is 113 Å². The van der Waals surface area contributed by atoms with Crippen molar-refractivity contribution in [2.75, 3.05) is 13.2 Å². The van der Waals surface area contributed by atoms with Crippen molar-refractivity contribution in [2.24, 2.45) is 0 Å². The zero-order valence-electron chi connectivity index (χ0n) is 36.9. The van der Waals surface area contributed by atoms with Gasteiger partial charge in [0.2, 0.25) is 0 Å². The van der Waals surface area contributed by atoms with E-state index in [1.165, 1.54) is 81.3 Å². The van der Waals surface area contributed by atoms with E-state index in [0.717, 1.165) is 50.5 Å². The van der Waals surface area contributed by atoms with E-state index in [-0.39, 0.29) is 28.4 Å². The van der Waals surface area contributed by atoms with E-state index in [1.54, 1.807) is 12.1 Å². The molecule has 1 atom stereocenters. The lowest BCUT2D eigenvalue weighted by molar-refractivity contribution is -0.461. The largest absolute Gasteiger partial charge is 0.494 e. The molecule has 0 fully saturated rings. The van der Waals surface area contributed by atoms with Crippen molar-refractivity contribution in [1.82, 2.24) is 0 Å². The number of esters is 3. The third kappa shape index (κ3) is 13.7. The summed E-state index contributed by atoms with van der Waals surface area (Å²) in [5.74, 6) is -60.6. The molecule has 0 saturated carbocycles. The molecule has 3 aromatic carbocycles. The minimum atomic E-state index is -8.76. The van der Waals surface area contributed by atoms with Crippen LogP contribution in [0.2, 0.25) is 0 Å². The summed E-state index contributed by atoms with van der Waals surface area (Å²) in [4.78, 5) is 37.6. The maximum atomic E-state index is 14.2. The number of carbonyl (C=O) groups is 3. The maximum absolute atomic E-state index is 14.2. The summed E-state index contributed by atoms with van der Waals surface area (Å²) in [6, 6.07) is 15.8. The van der Waals surface area contributed by atoms with Crippen molar-refractivity contribution >= 4 is 17.9 Å². The molecule has 0 aromatic heterocycles. The summed E-state index contributed by atoms with van der Waals surface area (Å²) in [6.07, 6.45) is -0.864. The van der Waals surface area contributed by atoms with Gasteiger partial charge in [0.15, 0.2) is 6.10 Å². The number of ether oxygens (including phenoxy) is 5. The molecule has 0 radical (unpaired) electrons. The van der Waals surface area contributed by atoms with Crippen molar-refractivity contribution in [1.29, 1.82) is 0 Å². The topological polar surface area (TPSA) is 97.4 Å². The van der Waals surface area contributed by atoms with Gasteiger partial charge in [-0.05, 0) is 86.1 Å². The van der Waals surface area contributed by atoms with Gasteiger partial charge in [0.1, 0.15) is 23.0 Å². The van der Waals surface area contributed by atoms with Crippen molar-refractivity contribution in [2.45, 2.75) is 138 Å². The summed E-state index contributed by atoms with van der Waals surface area (Å²) >= 11 is 0. The fourth-order valence-electron chi connectivity index (χ4n) is 6.05. The van der Waals surface area contributed by atoms with Crippen LogP contribution in [-0.2, 0) is 9.53 Å². The Morgan fingerprint density at radius 3 is 1.23 bits per heavy atom. The molecule has 0 amide bonds. The molecule has 0 bridgehead atoms. The Bertz CT molecular complexity index is 2150. The zero-order chi connectivity index (χ0) is 53.0. The summed E-state index contributed by atoms with van der Waals surface area (Å²) in [5, 5.41) is 0. The van der Waals surface area contributed by atoms with Crippen LogP contribution in [0.25, 0.3) is 0 Å². The van der Waals surface area contributed by atoms with Crippen LogP contribution < -0.4 is 18.9 Å². The van der Waals surface area contributed by atoms with Gasteiger partial charge < -0.3 is 23.7 Å². The van der Waals surface area contributed by atoms with E-state index < -0.39 is 84.7 Å². The number of hydrogen-bond acceptors (Lipinski definition) is 8. The molecule has 0 saturated heterocycles. The second-order valence-corrected chi connectivity index (χ2v) is 15.7. The quantitative estimate of drug-likeness (QED) is 0.0307. The first-order valence-electron chi connectivity index (χ1n) is 21.2. The summed E-state index contributed by atoms with van der Waals surface area (Å²) in [6.45, 7) is 1.40. The first-order chi connectivity index (χ1) is 32.3. The van der Waals surface area contributed by atoms with Gasteiger partial charge in [-0.3, -0.25) is 0 Å². The third-order valence-electron chi connectivity index (χ3n) is 10.3. The molecule has 0 spiro atoms. The highest BCUT2D eigenvalue weighted by atomic mass is 19.4. The first kappa shape index (κ1) is 58.8. The average molecular weight is 1040 g/mol. The van der Waals surface area contributed by atoms with Crippen molar-refractivity contribution in [3.8, 4) is 23.0 Å². The zero-order valence-corrected chi connectivity index (χ0v) is 36.9. The van der Waals surface area contributed by atoms with E-state index in [2.05, 4.69) is 11.7 Å². The minimum Gasteiger partial charge on any atom is -0.494 e. The minimum absolute atomic E-state index is 0.0220. The summed E-state index contributed by atoms with van der Waals surface area (Å²) in [7, 11) is 0. The molecule has 3 aromatic rings. The number of alkyl halides is 17. The number of halogens is 17. The monoisotopic (exact) mass is 1040 g/mol. The standard InChI is InChI=1S/C45H45F17O8/c1-3-4-5-6-7-8-9-10-11-12-26-66-31-17-13-29(14-18-31)36(64)69-33-19-15-30(16-20-33)37(65)70-34-23-21-32(22-24-34)68-28(2)35(63)67-27-25-38(46,47)39(48,49)40(50,51)41(52,53)42(54,55)43(56,57)44(58,59)45(60,61)62/h13-24,28H,3-12,25-27H2,1-2H3/t28-/m0/s1. The Morgan fingerprint density at radius 2 is 0.800 bits per heavy atom. The maximum Gasteiger partial charge on any atom is 0.460 e. The Labute approximate surface area is 388 Å². The van der Waals surface area contributed by atoms with Gasteiger partial charge in [0.05, 0.1) is 30.8 Å². The highest BCUT2D eigenvalue weighted by Gasteiger charge is 2.95. The van der Waals surface area contributed by atoms with Crippen LogP contribution in [0.4, 0.5) is 74.6 Å². The molecule has 0 unspecified atom stereocenters. The molecule has 8 nitrogen and oxygen atoms in total. The molecule has 0 aliphatic heterocycles. The Balaban J connectivity index is 1.47. The summed E-state index contributed by atoms with van der Waals surface area (Å²) in [5.41, 5.74) is 0.201. The van der Waals surface area contributed by atoms with Gasteiger partial charge in [-0.2, -0.15) is 74.6 Å². The SMILES string of the molecule is CCCCCCCCCCCCOc1ccc(C(=O)Oc2ccc(C(=O)Oc3ccc(O[C@@H](C)C(=O)OCCC(F)(F)C(F)(F)C(F)(F)C(F)(F)C(F)(F)C(F)(F)C(F)(F)C(F)(F)F)cc3)cc2)cc1. The molecule has 3 rings (SSSR count). The fraction of sp³-hybridized carbons (Fsp3) is 0.533. The van der Waals surface area contributed by atoms with Crippen LogP contribution in [0.5, 0.6) is 23.0 Å². The van der Waals surface area contributed by atoms with Crippen LogP contribution >= 0.6 is 0 Å². The lowest BCUT2D eigenvalue weighted by Crippen LogP contribution is -2.74. The normalized spacial score (nSPS) is 13.6. The molecule has 70 heavy (non-hydrogen) atoms. The second kappa shape index (κ2) is 23.6. The molecular weight excluding hydrogens is 991 g/mol. The predicted octanol–water partition coefficient (Wildman–Crippen LogP) is 14.1. The van der Waals surface area contributed by atoms with Crippen LogP contribution in [0.15, 0.2) is 72.8 Å². The molecular formula is C45H45F17O8. The smallest absolute Gasteiger partial charge is 0.460 e. The van der Waals surface area contributed by atoms with Gasteiger partial charge in [-0.15, -0.1) is 0 Å². The number of carbonyl (C=O) groups excluding carboxylic acids is 3. The van der Waals surface area contributed by atoms with Crippen LogP contribution in [0.1, 0.15) is 105 Å². The Hall–Kier alpha value is -5.52. The van der Waals surface area contributed by atoms with Crippen LogP contribution in [0, 0.1) is 0 Å². The molecule has 0 N–H and O–H groups in total. The molecule has 0 aliphatic carbocycles. The van der Waals surface area contributed by atoms with Gasteiger partial charge in [-0.1, -0.05) is 64.7 Å². The molecule has 0 heterocycles. The fourth-order valence-corrected chi connectivity index (χ4v) is 6.05. The Morgan fingerprint density at radius 1 is 0.443 bits per heavy atom. The summed E-state index contributed by atoms with van der Waals surface area (Å²) < 4.78 is 255. The number of unbranched alkanes of at least 4 members (excludes halogenated alkanes) is 9. The highest BCUT2D eigenvalue weighted by molar-refractivity contribution is 5.92. The average Bonchev–Trinajstić information content (AvgIpc) is 3.28. The third-order valence-corrected chi connectivity index (χ3v) is 10.3. The second-order valence-electron chi connectivity index (χ2n) is 15.7. The van der Waals surface area contributed by atoms with Gasteiger partial charge in [0, 0.05) is 0 Å². The van der Waals surface area contributed by atoms with Gasteiger partial charge in [-0.25, -0.2) is 14.4 Å². The van der Waals surface area contributed by atoms with Crippen LogP contribution in [-0.4, -0.2) is 84.9 Å². The van der Waals surface area contributed by atoms with Gasteiger partial charge in [0.25, 0.3) is 0 Å². The number of hydrogen-bond donors (Lipinski definition) is 0. The van der Waals surface area contributed by atoms with E-state index in [1.807, 2.05) is 0 Å². The lowest BCUT2D eigenvalue weighted by atomic mass is 9.88. The lowest BCUT2D eigenvalue weighted by Gasteiger charge is -2.42. The molecule has 392 valence electrons. The van der Waals surface area contributed by atoms with E-state index in [0.29, 0.717) is 12.4 Å². The van der Waals surface area contributed by atoms with Gasteiger partial charge >= 0.3 is 65.5 Å². The molecule has 25 heteroatoms. The van der Waals surface area contributed by atoms with Crippen LogP contribution in [0.3, 0.4) is 0 Å². The number of rotatable bonds is 28. The first-order valence-corrected chi connectivity index (χ1v) is 21.2. The number of benzene rings is 3. The molecule has 0 aliphatic rings. The predicted molar refractivity (Wildman–Crippen MR) is 213 cm³/mol. The van der Waals surface area contributed by atoms with Crippen molar-refractivity contribution in [3.63, 3.8) is 0 Å². The highest BCUT2D eigenvalue weighted by Crippen LogP contribution is 2.64. The Kier molecular flexibility index (Phi) is 19.8. The van der Waals surface area contributed by atoms with E-state index >= 15 is 0 Å².